The summed E-state index contributed by atoms with van der Waals surface area (Å²) in [6.07, 6.45) is -0.310. The van der Waals surface area contributed by atoms with E-state index in [0.29, 0.717) is 6.42 Å². The van der Waals surface area contributed by atoms with Crippen LogP contribution in [0.5, 0.6) is 0 Å². The molecule has 0 atom stereocenters. The van der Waals surface area contributed by atoms with Gasteiger partial charge in [0.05, 0.1) is 6.61 Å². The van der Waals surface area contributed by atoms with Crippen molar-refractivity contribution in [1.82, 2.24) is 9.44 Å². The summed E-state index contributed by atoms with van der Waals surface area (Å²) < 4.78 is 30.1. The summed E-state index contributed by atoms with van der Waals surface area (Å²) in [5, 5.41) is 0. The Bertz CT molecular complexity index is 249. The van der Waals surface area contributed by atoms with Crippen LogP contribution in [-0.4, -0.2) is 27.7 Å². The third kappa shape index (κ3) is 6.35. The Morgan fingerprint density at radius 2 is 2.00 bits per heavy atom. The molecule has 13 heavy (non-hydrogen) atoms. The van der Waals surface area contributed by atoms with Crippen molar-refractivity contribution in [1.29, 1.82) is 0 Å². The second-order valence-electron chi connectivity index (χ2n) is 2.22. The van der Waals surface area contributed by atoms with Gasteiger partial charge in [-0.25, -0.2) is 9.52 Å². The molecule has 0 unspecified atom stereocenters. The topological polar surface area (TPSA) is 84.5 Å². The molecule has 0 radical (unpaired) electrons. The molecule has 0 aromatic carbocycles. The van der Waals surface area contributed by atoms with Crippen LogP contribution in [-0.2, 0) is 14.9 Å². The first kappa shape index (κ1) is 12.2. The highest BCUT2D eigenvalue weighted by atomic mass is 32.2. The van der Waals surface area contributed by atoms with Crippen molar-refractivity contribution in [2.75, 3.05) is 13.2 Å². The van der Waals surface area contributed by atoms with Gasteiger partial charge in [0.1, 0.15) is 0 Å². The Morgan fingerprint density at radius 1 is 1.38 bits per heavy atom. The van der Waals surface area contributed by atoms with Crippen molar-refractivity contribution in [3.8, 4) is 0 Å². The molecule has 0 aromatic rings. The summed E-state index contributed by atoms with van der Waals surface area (Å²) in [5.41, 5.74) is 0. The number of rotatable bonds is 5. The number of carbonyl (C=O) groups excluding carboxylic acids is 1. The van der Waals surface area contributed by atoms with E-state index in [1.165, 1.54) is 0 Å². The smallest absolute Gasteiger partial charge is 0.421 e. The maximum Gasteiger partial charge on any atom is 0.421 e. The number of hydrogen-bond acceptors (Lipinski definition) is 4. The van der Waals surface area contributed by atoms with E-state index in [0.717, 1.165) is 0 Å². The normalized spacial score (nSPS) is 10.9. The van der Waals surface area contributed by atoms with Gasteiger partial charge < -0.3 is 4.74 Å². The van der Waals surface area contributed by atoms with Gasteiger partial charge in [-0.3, -0.25) is 0 Å². The molecule has 0 aliphatic rings. The molecule has 78 valence electrons. The highest BCUT2D eigenvalue weighted by molar-refractivity contribution is 7.88. The number of ether oxygens (including phenoxy) is 1. The molecule has 0 bridgehead atoms. The minimum Gasteiger partial charge on any atom is -0.449 e. The van der Waals surface area contributed by atoms with Gasteiger partial charge in [0.15, 0.2) is 0 Å². The van der Waals surface area contributed by atoms with Gasteiger partial charge in [0.2, 0.25) is 0 Å². The lowest BCUT2D eigenvalue weighted by Gasteiger charge is -2.06. The SMILES string of the molecule is CCCNS(=O)(=O)NC(=O)OCC. The third-order valence-electron chi connectivity index (χ3n) is 1.04. The van der Waals surface area contributed by atoms with Crippen LogP contribution in [0.3, 0.4) is 0 Å². The van der Waals surface area contributed by atoms with Crippen molar-refractivity contribution in [3.05, 3.63) is 0 Å². The predicted octanol–water partition coefficient (Wildman–Crippen LogP) is -0.0231. The van der Waals surface area contributed by atoms with Gasteiger partial charge in [-0.1, -0.05) is 6.92 Å². The summed E-state index contributed by atoms with van der Waals surface area (Å²) >= 11 is 0. The first-order valence-corrected chi connectivity index (χ1v) is 5.44. The van der Waals surface area contributed by atoms with E-state index >= 15 is 0 Å². The minimum absolute atomic E-state index is 0.134. The van der Waals surface area contributed by atoms with Crippen LogP contribution in [0.15, 0.2) is 0 Å². The van der Waals surface area contributed by atoms with Gasteiger partial charge >= 0.3 is 16.3 Å². The van der Waals surface area contributed by atoms with Crippen molar-refractivity contribution in [2.24, 2.45) is 0 Å². The maximum atomic E-state index is 11.0. The van der Waals surface area contributed by atoms with Gasteiger partial charge in [-0.15, -0.1) is 0 Å². The molecule has 2 N–H and O–H groups in total. The molecule has 0 aliphatic heterocycles. The minimum atomic E-state index is -3.74. The van der Waals surface area contributed by atoms with E-state index in [-0.39, 0.29) is 13.2 Å². The predicted molar refractivity (Wildman–Crippen MR) is 47.4 cm³/mol. The molecule has 0 saturated heterocycles. The number of nitrogens with one attached hydrogen (secondary N) is 2. The largest absolute Gasteiger partial charge is 0.449 e. The Labute approximate surface area is 77.8 Å². The summed E-state index contributed by atoms with van der Waals surface area (Å²) in [6, 6.07) is 0. The number of hydrogen-bond donors (Lipinski definition) is 2. The molecule has 0 rings (SSSR count). The Kier molecular flexibility index (Phi) is 5.40. The molecule has 7 heteroatoms. The van der Waals surface area contributed by atoms with Crippen molar-refractivity contribution in [2.45, 2.75) is 20.3 Å². The van der Waals surface area contributed by atoms with E-state index in [1.54, 1.807) is 11.6 Å². The quantitative estimate of drug-likeness (QED) is 0.667. The van der Waals surface area contributed by atoms with E-state index in [9.17, 15) is 13.2 Å². The second-order valence-corrected chi connectivity index (χ2v) is 3.72. The summed E-state index contributed by atoms with van der Waals surface area (Å²) in [6.45, 7) is 3.82. The molecular weight excluding hydrogens is 196 g/mol. The van der Waals surface area contributed by atoms with E-state index in [2.05, 4.69) is 9.46 Å². The van der Waals surface area contributed by atoms with Gasteiger partial charge in [-0.2, -0.15) is 13.1 Å². The Hall–Kier alpha value is -0.820. The standard InChI is InChI=1S/C6H14N2O4S/c1-3-5-7-13(10,11)8-6(9)12-4-2/h7H,3-5H2,1-2H3,(H,8,9). The molecule has 1 amide bonds. The Balaban J connectivity index is 3.95. The van der Waals surface area contributed by atoms with Crippen LogP contribution in [0.1, 0.15) is 20.3 Å². The average molecular weight is 210 g/mol. The molecule has 0 fully saturated rings. The highest BCUT2D eigenvalue weighted by Crippen LogP contribution is 1.82. The van der Waals surface area contributed by atoms with Crippen LogP contribution in [0.4, 0.5) is 4.79 Å². The van der Waals surface area contributed by atoms with Crippen LogP contribution in [0.2, 0.25) is 0 Å². The van der Waals surface area contributed by atoms with Crippen molar-refractivity contribution in [3.63, 3.8) is 0 Å². The number of amides is 1. The van der Waals surface area contributed by atoms with Crippen molar-refractivity contribution < 1.29 is 17.9 Å². The summed E-state index contributed by atoms with van der Waals surface area (Å²) in [4.78, 5) is 10.7. The summed E-state index contributed by atoms with van der Waals surface area (Å²) in [7, 11) is -3.74. The lowest BCUT2D eigenvalue weighted by Crippen LogP contribution is -2.40. The second kappa shape index (κ2) is 5.76. The lowest BCUT2D eigenvalue weighted by atomic mass is 10.5. The molecule has 0 saturated carbocycles. The molecule has 0 aliphatic carbocycles. The average Bonchev–Trinajstić information content (AvgIpc) is 2.00. The van der Waals surface area contributed by atoms with E-state index in [4.69, 9.17) is 0 Å². The van der Waals surface area contributed by atoms with Gasteiger partial charge in [0, 0.05) is 6.54 Å². The fraction of sp³-hybridized carbons (Fsp3) is 0.833. The molecular formula is C6H14N2O4S. The molecule has 6 nitrogen and oxygen atoms in total. The van der Waals surface area contributed by atoms with Crippen molar-refractivity contribution >= 4 is 16.3 Å². The zero-order valence-corrected chi connectivity index (χ0v) is 8.48. The molecule has 0 heterocycles. The van der Waals surface area contributed by atoms with Crippen LogP contribution < -0.4 is 9.44 Å². The zero-order chi connectivity index (χ0) is 10.3. The molecule has 0 spiro atoms. The van der Waals surface area contributed by atoms with Gasteiger partial charge in [0.25, 0.3) is 0 Å². The highest BCUT2D eigenvalue weighted by Gasteiger charge is 2.12. The van der Waals surface area contributed by atoms with Gasteiger partial charge in [-0.05, 0) is 13.3 Å². The third-order valence-corrected chi connectivity index (χ3v) is 2.05. The number of carbonyl (C=O) groups is 1. The molecule has 0 aromatic heterocycles. The monoisotopic (exact) mass is 210 g/mol. The fourth-order valence-corrected chi connectivity index (χ4v) is 1.37. The zero-order valence-electron chi connectivity index (χ0n) is 7.66. The first-order chi connectivity index (χ1) is 6.02. The lowest BCUT2D eigenvalue weighted by molar-refractivity contribution is 0.158. The van der Waals surface area contributed by atoms with Crippen LogP contribution in [0.25, 0.3) is 0 Å². The van der Waals surface area contributed by atoms with E-state index in [1.807, 2.05) is 6.92 Å². The first-order valence-electron chi connectivity index (χ1n) is 3.96. The maximum absolute atomic E-state index is 11.0. The van der Waals surface area contributed by atoms with Crippen LogP contribution in [0, 0.1) is 0 Å². The Morgan fingerprint density at radius 3 is 2.46 bits per heavy atom. The fourth-order valence-electron chi connectivity index (χ4n) is 0.543. The van der Waals surface area contributed by atoms with E-state index < -0.39 is 16.3 Å². The van der Waals surface area contributed by atoms with Crippen LogP contribution >= 0.6 is 0 Å². The summed E-state index contributed by atoms with van der Waals surface area (Å²) in [5.74, 6) is 0.